The number of benzene rings is 5. The molecule has 5 aromatic carbocycles. The van der Waals surface area contributed by atoms with Crippen molar-refractivity contribution in [2.75, 3.05) is 50.1 Å². The largest absolute Gasteiger partial charge is 0.495 e. The Kier molecular flexibility index (Phi) is 15.0. The maximum absolute atomic E-state index is 14.0. The average Bonchev–Trinajstić information content (AvgIpc) is 3.35. The van der Waals surface area contributed by atoms with Crippen LogP contribution in [0.15, 0.2) is 133 Å². The summed E-state index contributed by atoms with van der Waals surface area (Å²) in [6.45, 7) is 3.22. The van der Waals surface area contributed by atoms with Gasteiger partial charge in [0, 0.05) is 50.4 Å². The zero-order valence-corrected chi connectivity index (χ0v) is 36.5. The number of ether oxygens (including phenoxy) is 1. The predicted octanol–water partition coefficient (Wildman–Crippen LogP) is 9.92. The van der Waals surface area contributed by atoms with Crippen molar-refractivity contribution in [2.24, 2.45) is 0 Å². The van der Waals surface area contributed by atoms with Crippen LogP contribution in [0.1, 0.15) is 86.9 Å². The van der Waals surface area contributed by atoms with E-state index < -0.39 is 15.8 Å². The van der Waals surface area contributed by atoms with E-state index in [9.17, 15) is 29.8 Å². The molecular weight excluding hydrogens is 809 g/mol. The van der Waals surface area contributed by atoms with Crippen LogP contribution in [-0.2, 0) is 20.4 Å². The summed E-state index contributed by atoms with van der Waals surface area (Å²) in [4.78, 5) is 54.1. The number of carbonyl (C=O) groups is 2. The first-order valence-electron chi connectivity index (χ1n) is 22.5. The monoisotopic (exact) mass is 866 g/mol. The van der Waals surface area contributed by atoms with Crippen LogP contribution in [0.5, 0.6) is 5.75 Å². The standard InChI is InChI=1S/C32H38N4O4.C19H20N2O3/c1-40-30-17-9-8-16-28(30)34-20-22-35(23-21-34)29(26-14-6-7-15-27(26)36(38)39)24-33-31(37)32(18-10-3-11-19-32)25-12-4-2-5-13-25;22-18(20-16-11-5-6-12-17(16)21(23)24)19(13-7-2-8-14-19)15-9-3-1-4-10-15/h2,4-9,12-17,29H,3,10-11,18-24H2,1H3,(H,33,37);1,3-6,9-12H,2,7-8,13-14H2,(H,20,22). The van der Waals surface area contributed by atoms with Crippen LogP contribution in [0.3, 0.4) is 0 Å². The highest BCUT2D eigenvalue weighted by molar-refractivity contribution is 6.00. The third-order valence-electron chi connectivity index (χ3n) is 13.4. The normalized spacial score (nSPS) is 17.4. The number of rotatable bonds is 13. The highest BCUT2D eigenvalue weighted by Gasteiger charge is 2.43. The third-order valence-corrected chi connectivity index (χ3v) is 13.4. The summed E-state index contributed by atoms with van der Waals surface area (Å²) in [6.07, 6.45) is 9.42. The molecule has 2 amide bonds. The number of para-hydroxylation sites is 5. The van der Waals surface area contributed by atoms with Gasteiger partial charge in [-0.15, -0.1) is 0 Å². The minimum atomic E-state index is -0.608. The van der Waals surface area contributed by atoms with Gasteiger partial charge in [0.05, 0.1) is 39.5 Å². The van der Waals surface area contributed by atoms with Crippen molar-refractivity contribution in [2.45, 2.75) is 81.1 Å². The molecule has 0 spiro atoms. The molecule has 0 bridgehead atoms. The fourth-order valence-corrected chi connectivity index (χ4v) is 9.99. The molecule has 1 saturated heterocycles. The molecule has 1 atom stereocenters. The number of methoxy groups -OCH3 is 1. The molecule has 2 N–H and O–H groups in total. The lowest BCUT2D eigenvalue weighted by Gasteiger charge is -2.41. The van der Waals surface area contributed by atoms with Crippen molar-refractivity contribution < 1.29 is 24.2 Å². The molecule has 2 aliphatic carbocycles. The van der Waals surface area contributed by atoms with Crippen LogP contribution < -0.4 is 20.3 Å². The van der Waals surface area contributed by atoms with Gasteiger partial charge in [0.2, 0.25) is 11.8 Å². The zero-order valence-electron chi connectivity index (χ0n) is 36.5. The van der Waals surface area contributed by atoms with Crippen LogP contribution in [0.4, 0.5) is 22.7 Å². The summed E-state index contributed by atoms with van der Waals surface area (Å²) in [5.41, 5.74) is 2.82. The molecule has 13 nitrogen and oxygen atoms in total. The molecule has 3 aliphatic rings. The summed E-state index contributed by atoms with van der Waals surface area (Å²) < 4.78 is 5.57. The second-order valence-corrected chi connectivity index (χ2v) is 17.0. The predicted molar refractivity (Wildman–Crippen MR) is 250 cm³/mol. The topological polar surface area (TPSA) is 160 Å². The Morgan fingerprint density at radius 1 is 0.609 bits per heavy atom. The quantitative estimate of drug-likeness (QED) is 0.0867. The van der Waals surface area contributed by atoms with E-state index in [1.165, 1.54) is 6.07 Å². The Hall–Kier alpha value is -6.60. The Labute approximate surface area is 375 Å². The first-order chi connectivity index (χ1) is 31.2. The Morgan fingerprint density at radius 2 is 1.09 bits per heavy atom. The molecule has 0 aromatic heterocycles. The van der Waals surface area contributed by atoms with Crippen molar-refractivity contribution in [1.29, 1.82) is 0 Å². The molecule has 1 heterocycles. The van der Waals surface area contributed by atoms with Gasteiger partial charge in [-0.25, -0.2) is 0 Å². The van der Waals surface area contributed by atoms with Gasteiger partial charge < -0.3 is 20.3 Å². The maximum Gasteiger partial charge on any atom is 0.292 e. The average molecular weight is 867 g/mol. The van der Waals surface area contributed by atoms with Crippen LogP contribution in [0.25, 0.3) is 0 Å². The van der Waals surface area contributed by atoms with E-state index in [4.69, 9.17) is 4.74 Å². The van der Waals surface area contributed by atoms with Gasteiger partial charge >= 0.3 is 0 Å². The smallest absolute Gasteiger partial charge is 0.292 e. The van der Waals surface area contributed by atoms with Gasteiger partial charge in [0.15, 0.2) is 0 Å². The Morgan fingerprint density at radius 3 is 1.66 bits per heavy atom. The van der Waals surface area contributed by atoms with Crippen molar-refractivity contribution in [3.63, 3.8) is 0 Å². The number of piperazine rings is 1. The number of amides is 2. The second kappa shape index (κ2) is 21.2. The van der Waals surface area contributed by atoms with Crippen LogP contribution in [-0.4, -0.2) is 66.4 Å². The summed E-state index contributed by atoms with van der Waals surface area (Å²) in [7, 11) is 1.68. The number of nitro benzene ring substituents is 2. The second-order valence-electron chi connectivity index (χ2n) is 17.0. The lowest BCUT2D eigenvalue weighted by atomic mass is 9.68. The molecular formula is C51H58N6O7. The number of nitrogens with one attached hydrogen (secondary N) is 2. The molecule has 0 radical (unpaired) electrons. The molecule has 13 heteroatoms. The van der Waals surface area contributed by atoms with Crippen molar-refractivity contribution in [3.8, 4) is 5.75 Å². The minimum Gasteiger partial charge on any atom is -0.495 e. The van der Waals surface area contributed by atoms with Crippen molar-refractivity contribution in [3.05, 3.63) is 170 Å². The van der Waals surface area contributed by atoms with Gasteiger partial charge in [0.1, 0.15) is 11.4 Å². The van der Waals surface area contributed by atoms with E-state index in [-0.39, 0.29) is 39.8 Å². The molecule has 334 valence electrons. The summed E-state index contributed by atoms with van der Waals surface area (Å²) in [6, 6.07) is 40.7. The van der Waals surface area contributed by atoms with Gasteiger partial charge in [-0.05, 0) is 55.0 Å². The lowest BCUT2D eigenvalue weighted by molar-refractivity contribution is -0.386. The van der Waals surface area contributed by atoms with Crippen LogP contribution in [0.2, 0.25) is 0 Å². The van der Waals surface area contributed by atoms with Gasteiger partial charge in [-0.2, -0.15) is 0 Å². The van der Waals surface area contributed by atoms with Gasteiger partial charge in [0.25, 0.3) is 11.4 Å². The molecule has 2 saturated carbocycles. The first-order valence-corrected chi connectivity index (χ1v) is 22.5. The van der Waals surface area contributed by atoms with Crippen LogP contribution >= 0.6 is 0 Å². The van der Waals surface area contributed by atoms with Crippen molar-refractivity contribution >= 4 is 34.6 Å². The van der Waals surface area contributed by atoms with E-state index in [1.807, 2.05) is 78.9 Å². The number of hydrogen-bond donors (Lipinski definition) is 2. The Balaban J connectivity index is 0.000000217. The van der Waals surface area contributed by atoms with E-state index in [1.54, 1.807) is 37.4 Å². The molecule has 1 aliphatic heterocycles. The summed E-state index contributed by atoms with van der Waals surface area (Å²) >= 11 is 0. The summed E-state index contributed by atoms with van der Waals surface area (Å²) in [5, 5.41) is 29.3. The molecule has 8 rings (SSSR count). The highest BCUT2D eigenvalue weighted by Crippen LogP contribution is 2.42. The lowest BCUT2D eigenvalue weighted by Crippen LogP contribution is -2.52. The Bertz CT molecular complexity index is 2360. The molecule has 64 heavy (non-hydrogen) atoms. The molecule has 1 unspecified atom stereocenters. The number of anilines is 2. The van der Waals surface area contributed by atoms with E-state index in [0.717, 1.165) is 99.9 Å². The number of carbonyl (C=O) groups excluding carboxylic acids is 2. The molecule has 5 aromatic rings. The SMILES string of the molecule is COc1ccccc1N1CCN(C(CNC(=O)C2(c3ccccc3)CCCCC2)c2ccccc2[N+](=O)[O-])CC1.O=C(Nc1ccccc1[N+](=O)[O-])C1(c2ccccc2)CCCCC1. The maximum atomic E-state index is 14.0. The van der Waals surface area contributed by atoms with Gasteiger partial charge in [-0.3, -0.25) is 34.7 Å². The fraction of sp³-hybridized carbons (Fsp3) is 0.373. The highest BCUT2D eigenvalue weighted by atomic mass is 16.6. The van der Waals surface area contributed by atoms with E-state index >= 15 is 0 Å². The molecule has 3 fully saturated rings. The van der Waals surface area contributed by atoms with Crippen molar-refractivity contribution in [1.82, 2.24) is 10.2 Å². The van der Waals surface area contributed by atoms with Gasteiger partial charge in [-0.1, -0.05) is 142 Å². The van der Waals surface area contributed by atoms with Crippen LogP contribution in [0, 0.1) is 20.2 Å². The fourth-order valence-electron chi connectivity index (χ4n) is 9.99. The number of nitro groups is 2. The number of nitrogens with zero attached hydrogens (tertiary/aromatic N) is 4. The van der Waals surface area contributed by atoms with E-state index in [2.05, 4.69) is 38.6 Å². The number of hydrogen-bond acceptors (Lipinski definition) is 9. The first kappa shape index (κ1) is 45.4. The third kappa shape index (κ3) is 10.1. The summed E-state index contributed by atoms with van der Waals surface area (Å²) in [5.74, 6) is 0.703. The van der Waals surface area contributed by atoms with E-state index in [0.29, 0.717) is 25.2 Å². The zero-order chi connectivity index (χ0) is 44.9. The minimum absolute atomic E-state index is 0.0228.